The molecule has 0 spiro atoms. The fourth-order valence-corrected chi connectivity index (χ4v) is 4.75. The van der Waals surface area contributed by atoms with E-state index >= 15 is 0 Å². The summed E-state index contributed by atoms with van der Waals surface area (Å²) >= 11 is 0. The fourth-order valence-electron chi connectivity index (χ4n) is 4.75. The molecule has 0 saturated carbocycles. The lowest BCUT2D eigenvalue weighted by atomic mass is 9.88. The van der Waals surface area contributed by atoms with Crippen LogP contribution in [0.25, 0.3) is 5.65 Å². The van der Waals surface area contributed by atoms with Gasteiger partial charge >= 0.3 is 6.18 Å². The molecule has 5 rings (SSSR count). The van der Waals surface area contributed by atoms with Crippen molar-refractivity contribution >= 4 is 35.0 Å². The van der Waals surface area contributed by atoms with E-state index in [-0.39, 0.29) is 5.56 Å². The van der Waals surface area contributed by atoms with Gasteiger partial charge in [0.15, 0.2) is 17.3 Å². The summed E-state index contributed by atoms with van der Waals surface area (Å²) in [6, 6.07) is 6.13. The molecular formula is C26H31F3N8O. The number of aliphatic imine (C=N–C) groups is 1. The number of rotatable bonds is 6. The Bertz CT molecular complexity index is 1360. The van der Waals surface area contributed by atoms with Crippen molar-refractivity contribution in [3.05, 3.63) is 53.4 Å². The van der Waals surface area contributed by atoms with Gasteiger partial charge in [-0.1, -0.05) is 12.1 Å². The molecule has 0 amide bonds. The maximum atomic E-state index is 14.1. The van der Waals surface area contributed by atoms with Crippen molar-refractivity contribution in [2.45, 2.75) is 25.4 Å². The Morgan fingerprint density at radius 2 is 2.03 bits per heavy atom. The molecule has 3 aromatic rings. The third-order valence-electron chi connectivity index (χ3n) is 6.57. The zero-order valence-electron chi connectivity index (χ0n) is 21.6. The van der Waals surface area contributed by atoms with Crippen LogP contribution in [-0.2, 0) is 10.9 Å². The Balaban J connectivity index is 1.65. The molecule has 4 heterocycles. The molecule has 1 unspecified atom stereocenters. The zero-order chi connectivity index (χ0) is 26.9. The third-order valence-corrected chi connectivity index (χ3v) is 6.57. The van der Waals surface area contributed by atoms with Gasteiger partial charge in [-0.15, -0.1) is 5.10 Å². The summed E-state index contributed by atoms with van der Waals surface area (Å²) in [5.41, 5.74) is 1.65. The van der Waals surface area contributed by atoms with Crippen LogP contribution in [0.2, 0.25) is 0 Å². The maximum absolute atomic E-state index is 14.1. The molecule has 0 aliphatic carbocycles. The summed E-state index contributed by atoms with van der Waals surface area (Å²) in [5, 5.41) is 11.2. The molecule has 2 aromatic heterocycles. The normalized spacial score (nSPS) is 18.3. The fraction of sp³-hybridized carbons (Fsp3) is 0.423. The molecule has 38 heavy (non-hydrogen) atoms. The molecule has 1 aromatic carbocycles. The SMILES string of the molecule is Cc1nc2c(N=CN(C)C)cc(N3CCOCC3)nn2c1Nc1cccc(C(F)(F)F)c1C1C=CNCC1. The number of imidazole rings is 1. The zero-order valence-corrected chi connectivity index (χ0v) is 21.6. The molecule has 2 aliphatic rings. The van der Waals surface area contributed by atoms with Crippen molar-refractivity contribution < 1.29 is 17.9 Å². The predicted octanol–water partition coefficient (Wildman–Crippen LogP) is 4.45. The van der Waals surface area contributed by atoms with E-state index in [0.29, 0.717) is 73.6 Å². The number of aromatic nitrogens is 3. The van der Waals surface area contributed by atoms with Crippen molar-refractivity contribution in [3.8, 4) is 0 Å². The number of fused-ring (bicyclic) bond motifs is 1. The van der Waals surface area contributed by atoms with Crippen LogP contribution in [0, 0.1) is 6.92 Å². The van der Waals surface area contributed by atoms with Gasteiger partial charge in [-0.2, -0.15) is 17.7 Å². The lowest BCUT2D eigenvalue weighted by Crippen LogP contribution is -2.37. The molecule has 1 atom stereocenters. The number of anilines is 3. The topological polar surface area (TPSA) is 82.3 Å². The Labute approximate surface area is 219 Å². The van der Waals surface area contributed by atoms with E-state index in [1.807, 2.05) is 32.0 Å². The number of halogens is 3. The number of alkyl halides is 3. The number of benzene rings is 1. The molecule has 2 N–H and O–H groups in total. The lowest BCUT2D eigenvalue weighted by molar-refractivity contribution is -0.138. The van der Waals surface area contributed by atoms with E-state index in [0.717, 1.165) is 6.07 Å². The van der Waals surface area contributed by atoms with Crippen LogP contribution in [0.1, 0.15) is 29.2 Å². The summed E-state index contributed by atoms with van der Waals surface area (Å²) in [4.78, 5) is 13.2. The largest absolute Gasteiger partial charge is 0.416 e. The van der Waals surface area contributed by atoms with Gasteiger partial charge in [0.1, 0.15) is 5.69 Å². The number of ether oxygens (including phenoxy) is 1. The summed E-state index contributed by atoms with van der Waals surface area (Å²) in [5.74, 6) is 0.792. The van der Waals surface area contributed by atoms with Gasteiger partial charge in [0, 0.05) is 51.4 Å². The van der Waals surface area contributed by atoms with Crippen molar-refractivity contribution in [1.82, 2.24) is 24.8 Å². The molecule has 0 radical (unpaired) electrons. The number of hydrogen-bond donors (Lipinski definition) is 2. The highest BCUT2D eigenvalue weighted by Crippen LogP contribution is 2.42. The number of aryl methyl sites for hydroxylation is 1. The molecule has 9 nitrogen and oxygen atoms in total. The summed E-state index contributed by atoms with van der Waals surface area (Å²) in [7, 11) is 3.75. The summed E-state index contributed by atoms with van der Waals surface area (Å²) < 4.78 is 49.5. The molecule has 1 saturated heterocycles. The number of hydrogen-bond acceptors (Lipinski definition) is 7. The van der Waals surface area contributed by atoms with Crippen LogP contribution in [0.4, 0.5) is 36.2 Å². The smallest absolute Gasteiger partial charge is 0.391 e. The number of allylic oxidation sites excluding steroid dienone is 1. The van der Waals surface area contributed by atoms with Crippen molar-refractivity contribution in [2.75, 3.05) is 57.2 Å². The van der Waals surface area contributed by atoms with E-state index in [4.69, 9.17) is 14.8 Å². The van der Waals surface area contributed by atoms with Crippen LogP contribution in [0.15, 0.2) is 41.5 Å². The van der Waals surface area contributed by atoms with Crippen molar-refractivity contribution in [2.24, 2.45) is 4.99 Å². The first-order chi connectivity index (χ1) is 18.2. The van der Waals surface area contributed by atoms with Gasteiger partial charge in [0.25, 0.3) is 0 Å². The van der Waals surface area contributed by atoms with Crippen molar-refractivity contribution in [3.63, 3.8) is 0 Å². The van der Waals surface area contributed by atoms with Crippen LogP contribution in [-0.4, -0.2) is 72.8 Å². The third kappa shape index (κ3) is 5.26. The molecular weight excluding hydrogens is 497 g/mol. The second-order valence-electron chi connectivity index (χ2n) is 9.57. The molecule has 0 bridgehead atoms. The first-order valence-corrected chi connectivity index (χ1v) is 12.5. The first-order valence-electron chi connectivity index (χ1n) is 12.5. The van der Waals surface area contributed by atoms with Crippen molar-refractivity contribution in [1.29, 1.82) is 0 Å². The van der Waals surface area contributed by atoms with Crippen LogP contribution in [0.3, 0.4) is 0 Å². The molecule has 2 aliphatic heterocycles. The summed E-state index contributed by atoms with van der Waals surface area (Å²) in [6.07, 6.45) is 1.24. The number of nitrogens with one attached hydrogen (secondary N) is 2. The Morgan fingerprint density at radius 1 is 1.24 bits per heavy atom. The number of morpholine rings is 1. The predicted molar refractivity (Wildman–Crippen MR) is 142 cm³/mol. The monoisotopic (exact) mass is 528 g/mol. The van der Waals surface area contributed by atoms with E-state index in [2.05, 4.69) is 20.5 Å². The standard InChI is InChI=1S/C26H31F3N8O/c1-17-24(33-20-6-4-5-19(26(27,28)29)23(20)18-7-9-30-10-8-18)37-25(32-17)21(31-16-35(2)3)15-22(34-37)36-11-13-38-14-12-36/h4-7,9,15-16,18,30,33H,8,10-14H2,1-3H3. The van der Waals surface area contributed by atoms with Gasteiger partial charge in [-0.3, -0.25) is 0 Å². The van der Waals surface area contributed by atoms with E-state index in [1.165, 1.54) is 6.07 Å². The summed E-state index contributed by atoms with van der Waals surface area (Å²) in [6.45, 7) is 4.92. The molecule has 12 heteroatoms. The quantitative estimate of drug-likeness (QED) is 0.361. The highest BCUT2D eigenvalue weighted by molar-refractivity contribution is 5.77. The second kappa shape index (κ2) is 10.5. The highest BCUT2D eigenvalue weighted by atomic mass is 19.4. The Hall–Kier alpha value is -3.80. The van der Waals surface area contributed by atoms with Gasteiger partial charge in [-0.05, 0) is 37.2 Å². The van der Waals surface area contributed by atoms with Gasteiger partial charge in [0.05, 0.1) is 30.8 Å². The second-order valence-corrected chi connectivity index (χ2v) is 9.57. The highest BCUT2D eigenvalue weighted by Gasteiger charge is 2.36. The molecule has 202 valence electrons. The number of nitrogens with zero attached hydrogens (tertiary/aromatic N) is 6. The Kier molecular flexibility index (Phi) is 7.15. The minimum atomic E-state index is -4.49. The maximum Gasteiger partial charge on any atom is 0.416 e. The first kappa shape index (κ1) is 25.8. The van der Waals surface area contributed by atoms with E-state index in [9.17, 15) is 13.2 Å². The van der Waals surface area contributed by atoms with Gasteiger partial charge in [0.2, 0.25) is 0 Å². The van der Waals surface area contributed by atoms with Crippen LogP contribution < -0.4 is 15.5 Å². The van der Waals surface area contributed by atoms with Gasteiger partial charge in [-0.25, -0.2) is 9.98 Å². The minimum absolute atomic E-state index is 0.210. The van der Waals surface area contributed by atoms with Crippen LogP contribution >= 0.6 is 0 Å². The van der Waals surface area contributed by atoms with Gasteiger partial charge < -0.3 is 25.2 Å². The van der Waals surface area contributed by atoms with E-state index in [1.54, 1.807) is 29.2 Å². The average Bonchev–Trinajstić information content (AvgIpc) is 3.22. The average molecular weight is 529 g/mol. The van der Waals surface area contributed by atoms with Crippen LogP contribution in [0.5, 0.6) is 0 Å². The van der Waals surface area contributed by atoms with E-state index < -0.39 is 17.7 Å². The molecule has 1 fully saturated rings. The Morgan fingerprint density at radius 3 is 2.71 bits per heavy atom. The lowest BCUT2D eigenvalue weighted by Gasteiger charge is -2.28. The minimum Gasteiger partial charge on any atom is -0.391 e.